The lowest BCUT2D eigenvalue weighted by atomic mass is 9.92. The minimum atomic E-state index is 1.16. The van der Waals surface area contributed by atoms with Gasteiger partial charge in [0, 0.05) is 56.8 Å². The van der Waals surface area contributed by atoms with Crippen LogP contribution in [0.25, 0.3) is 77.2 Å². The van der Waals surface area contributed by atoms with Gasteiger partial charge in [0.15, 0.2) is 0 Å². The number of benzene rings is 7. The van der Waals surface area contributed by atoms with Gasteiger partial charge in [-0.25, -0.2) is 0 Å². The van der Waals surface area contributed by atoms with E-state index < -0.39 is 0 Å². The number of rotatable bonds is 2. The third kappa shape index (κ3) is 3.37. The van der Waals surface area contributed by atoms with E-state index in [0.29, 0.717) is 0 Å². The molecular weight excluding hydrogens is 558 g/mol. The summed E-state index contributed by atoms with van der Waals surface area (Å²) in [7, 11) is 2.23. The Hall–Kier alpha value is -6.06. The maximum Gasteiger partial charge on any atom is 0.0640 e. The van der Waals surface area contributed by atoms with Crippen LogP contribution in [-0.4, -0.2) is 16.2 Å². The Balaban J connectivity index is 1.36. The maximum atomic E-state index is 2.46. The predicted molar refractivity (Wildman–Crippen MR) is 194 cm³/mol. The van der Waals surface area contributed by atoms with E-state index in [1.807, 2.05) is 0 Å². The highest BCUT2D eigenvalue weighted by Gasteiger charge is 2.28. The van der Waals surface area contributed by atoms with E-state index in [1.165, 1.54) is 82.9 Å². The third-order valence-electron chi connectivity index (χ3n) is 9.84. The quantitative estimate of drug-likeness (QED) is 0.196. The van der Waals surface area contributed by atoms with Crippen molar-refractivity contribution in [2.24, 2.45) is 0 Å². The van der Waals surface area contributed by atoms with Gasteiger partial charge in [-0.05, 0) is 65.7 Å². The predicted octanol–water partition coefficient (Wildman–Crippen LogP) is 11.3. The molecule has 3 nitrogen and oxygen atoms in total. The summed E-state index contributed by atoms with van der Waals surface area (Å²) in [5.41, 5.74) is 14.6. The molecule has 1 aliphatic rings. The van der Waals surface area contributed by atoms with E-state index >= 15 is 0 Å². The minimum Gasteiger partial charge on any atom is -0.344 e. The van der Waals surface area contributed by atoms with Crippen molar-refractivity contribution >= 4 is 55.0 Å². The van der Waals surface area contributed by atoms with Gasteiger partial charge in [0.1, 0.15) is 0 Å². The topological polar surface area (TPSA) is 13.1 Å². The fraction of sp³-hybridized carbons (Fsp3) is 0.0233. The highest BCUT2D eigenvalue weighted by Crippen LogP contribution is 2.52. The second-order valence-electron chi connectivity index (χ2n) is 12.2. The van der Waals surface area contributed by atoms with Gasteiger partial charge >= 0.3 is 0 Å². The summed E-state index contributed by atoms with van der Waals surface area (Å²) in [5.74, 6) is 0. The molecule has 1 aliphatic heterocycles. The Bertz CT molecular complexity index is 2640. The van der Waals surface area contributed by atoms with Gasteiger partial charge in [-0.15, -0.1) is 0 Å². The van der Waals surface area contributed by atoms with E-state index in [4.69, 9.17) is 0 Å². The number of fused-ring (bicyclic) bond motifs is 12. The number of aromatic nitrogens is 2. The molecule has 46 heavy (non-hydrogen) atoms. The van der Waals surface area contributed by atoms with Crippen molar-refractivity contribution in [3.8, 4) is 33.6 Å². The lowest BCUT2D eigenvalue weighted by Crippen LogP contribution is -2.11. The van der Waals surface area contributed by atoms with E-state index in [-0.39, 0.29) is 0 Å². The van der Waals surface area contributed by atoms with Crippen LogP contribution in [0.15, 0.2) is 158 Å². The first-order chi connectivity index (χ1) is 22.8. The molecule has 0 saturated heterocycles. The number of anilines is 2. The molecule has 0 N–H and O–H groups in total. The Morgan fingerprint density at radius 1 is 0.370 bits per heavy atom. The second-order valence-corrected chi connectivity index (χ2v) is 12.2. The fourth-order valence-electron chi connectivity index (χ4n) is 7.86. The van der Waals surface area contributed by atoms with Crippen molar-refractivity contribution < 1.29 is 0 Å². The summed E-state index contributed by atoms with van der Waals surface area (Å²) in [6, 6.07) is 57.5. The Labute approximate surface area is 266 Å². The van der Waals surface area contributed by atoms with Crippen molar-refractivity contribution in [2.45, 2.75) is 0 Å². The van der Waals surface area contributed by atoms with Crippen molar-refractivity contribution in [1.29, 1.82) is 0 Å². The molecule has 216 valence electrons. The summed E-state index contributed by atoms with van der Waals surface area (Å²) >= 11 is 0. The molecule has 2 aromatic heterocycles. The number of nitrogens with zero attached hydrogens (tertiary/aromatic N) is 3. The van der Waals surface area contributed by atoms with Gasteiger partial charge in [0.2, 0.25) is 0 Å². The molecular formula is C43H29N3. The zero-order valence-corrected chi connectivity index (χ0v) is 25.4. The molecule has 0 amide bonds. The Kier molecular flexibility index (Phi) is 5.20. The van der Waals surface area contributed by atoms with Crippen LogP contribution in [0.4, 0.5) is 11.4 Å². The molecule has 0 unspecified atom stereocenters. The molecule has 3 heteroatoms. The standard InChI is InChI=1S/C43H29N3/c1-44-39-25-24-34-31-19-10-13-23-38(31)46(29-16-6-3-7-17-29)43(34)42(39)33-21-9-8-18-30(33)35-27-41-36(26-40(35)44)32-20-11-12-22-37(32)45(41)28-14-4-2-5-15-28/h2-27H,1H3. The highest BCUT2D eigenvalue weighted by atomic mass is 15.1. The largest absolute Gasteiger partial charge is 0.344 e. The molecule has 0 saturated carbocycles. The smallest absolute Gasteiger partial charge is 0.0640 e. The van der Waals surface area contributed by atoms with E-state index in [9.17, 15) is 0 Å². The zero-order chi connectivity index (χ0) is 30.4. The van der Waals surface area contributed by atoms with Gasteiger partial charge in [0.25, 0.3) is 0 Å². The molecule has 7 aromatic carbocycles. The second kappa shape index (κ2) is 9.47. The van der Waals surface area contributed by atoms with Crippen molar-refractivity contribution in [2.75, 3.05) is 11.9 Å². The lowest BCUT2D eigenvalue weighted by Gasteiger charge is -2.23. The molecule has 0 aliphatic carbocycles. The number of hydrogen-bond acceptors (Lipinski definition) is 1. The average molecular weight is 588 g/mol. The third-order valence-corrected chi connectivity index (χ3v) is 9.84. The maximum absolute atomic E-state index is 2.46. The fourth-order valence-corrected chi connectivity index (χ4v) is 7.86. The summed E-state index contributed by atoms with van der Waals surface area (Å²) < 4.78 is 4.87. The van der Waals surface area contributed by atoms with Gasteiger partial charge < -0.3 is 14.0 Å². The SMILES string of the molecule is CN1c2cc3c4ccccc4n(-c4ccccc4)c3cc2-c2ccccc2-c2c1ccc1c3ccccc3n(-c3ccccc3)c21. The van der Waals surface area contributed by atoms with Crippen LogP contribution in [0.1, 0.15) is 0 Å². The van der Waals surface area contributed by atoms with Crippen LogP contribution >= 0.6 is 0 Å². The van der Waals surface area contributed by atoms with Crippen LogP contribution in [-0.2, 0) is 0 Å². The van der Waals surface area contributed by atoms with Crippen LogP contribution < -0.4 is 4.90 Å². The normalized spacial score (nSPS) is 12.4. The lowest BCUT2D eigenvalue weighted by molar-refractivity contribution is 1.17. The Morgan fingerprint density at radius 3 is 1.65 bits per heavy atom. The van der Waals surface area contributed by atoms with Gasteiger partial charge in [-0.2, -0.15) is 0 Å². The first-order valence-electron chi connectivity index (χ1n) is 15.9. The molecule has 3 heterocycles. The summed E-state index contributed by atoms with van der Waals surface area (Å²) in [5, 5.41) is 5.04. The first-order valence-corrected chi connectivity index (χ1v) is 15.9. The molecule has 0 atom stereocenters. The van der Waals surface area contributed by atoms with Gasteiger partial charge in [-0.3, -0.25) is 0 Å². The molecule has 0 bridgehead atoms. The minimum absolute atomic E-state index is 1.16. The summed E-state index contributed by atoms with van der Waals surface area (Å²) in [6.45, 7) is 0. The summed E-state index contributed by atoms with van der Waals surface area (Å²) in [6.07, 6.45) is 0. The van der Waals surface area contributed by atoms with E-state index in [0.717, 1.165) is 5.69 Å². The number of hydrogen-bond donors (Lipinski definition) is 0. The van der Waals surface area contributed by atoms with E-state index in [2.05, 4.69) is 179 Å². The monoisotopic (exact) mass is 587 g/mol. The van der Waals surface area contributed by atoms with Crippen LogP contribution in [0.2, 0.25) is 0 Å². The first kappa shape index (κ1) is 25.3. The molecule has 0 fully saturated rings. The van der Waals surface area contributed by atoms with E-state index in [1.54, 1.807) is 0 Å². The van der Waals surface area contributed by atoms with Crippen molar-refractivity contribution in [1.82, 2.24) is 9.13 Å². The molecule has 0 spiro atoms. The van der Waals surface area contributed by atoms with Crippen molar-refractivity contribution in [3.05, 3.63) is 158 Å². The highest BCUT2D eigenvalue weighted by molar-refractivity contribution is 6.20. The summed E-state index contributed by atoms with van der Waals surface area (Å²) in [4.78, 5) is 2.41. The zero-order valence-electron chi connectivity index (χ0n) is 25.4. The Morgan fingerprint density at radius 2 is 0.935 bits per heavy atom. The average Bonchev–Trinajstić information content (AvgIpc) is 3.60. The van der Waals surface area contributed by atoms with Crippen LogP contribution in [0.3, 0.4) is 0 Å². The van der Waals surface area contributed by atoms with Crippen LogP contribution in [0, 0.1) is 0 Å². The molecule has 9 aromatic rings. The van der Waals surface area contributed by atoms with Crippen LogP contribution in [0.5, 0.6) is 0 Å². The van der Waals surface area contributed by atoms with Gasteiger partial charge in [0.05, 0.1) is 27.8 Å². The van der Waals surface area contributed by atoms with Crippen molar-refractivity contribution in [3.63, 3.8) is 0 Å². The van der Waals surface area contributed by atoms with Gasteiger partial charge in [-0.1, -0.05) is 103 Å². The molecule has 0 radical (unpaired) electrons. The molecule has 10 rings (SSSR count). The number of para-hydroxylation sites is 4.